The quantitative estimate of drug-likeness (QED) is 0.671. The number of hydrogen-bond acceptors (Lipinski definition) is 5. The van der Waals surface area contributed by atoms with Crippen molar-refractivity contribution in [2.24, 2.45) is 5.73 Å². The molecule has 0 saturated carbocycles. The number of rotatable bonds is 9. The van der Waals surface area contributed by atoms with Crippen LogP contribution in [0.4, 0.5) is 0 Å². The number of nitrogens with two attached hydrogens (primary N) is 1. The minimum absolute atomic E-state index is 0.381. The van der Waals surface area contributed by atoms with Gasteiger partial charge in [-0.15, -0.1) is 0 Å². The molecule has 0 bridgehead atoms. The Bertz CT molecular complexity index is 400. The van der Waals surface area contributed by atoms with E-state index in [0.717, 1.165) is 5.75 Å². The van der Waals surface area contributed by atoms with Gasteiger partial charge >= 0.3 is 5.97 Å². The van der Waals surface area contributed by atoms with Crippen molar-refractivity contribution < 1.29 is 19.4 Å². The average molecular weight is 285 g/mol. The molecule has 0 saturated heterocycles. The molecule has 106 valence electrons. The molecule has 0 heterocycles. The molecule has 6 heteroatoms. The molecule has 0 amide bonds. The van der Waals surface area contributed by atoms with Gasteiger partial charge in [0.25, 0.3) is 0 Å². The van der Waals surface area contributed by atoms with Gasteiger partial charge in [0, 0.05) is 11.5 Å². The van der Waals surface area contributed by atoms with Crippen LogP contribution in [-0.2, 0) is 4.79 Å². The Balaban J connectivity index is 2.27. The van der Waals surface area contributed by atoms with E-state index in [2.05, 4.69) is 0 Å². The van der Waals surface area contributed by atoms with Crippen molar-refractivity contribution in [1.29, 1.82) is 0 Å². The van der Waals surface area contributed by atoms with E-state index >= 15 is 0 Å². The topological polar surface area (TPSA) is 81.8 Å². The molecule has 0 unspecified atom stereocenters. The Morgan fingerprint density at radius 1 is 1.37 bits per heavy atom. The van der Waals surface area contributed by atoms with Crippen LogP contribution in [0.1, 0.15) is 6.92 Å². The molecule has 0 aliphatic heterocycles. The monoisotopic (exact) mass is 285 g/mol. The molecular formula is C13H19NO4S. The van der Waals surface area contributed by atoms with Crippen LogP contribution in [0.25, 0.3) is 0 Å². The number of hydrogen-bond donors (Lipinski definition) is 2. The molecule has 0 radical (unpaired) electrons. The Hall–Kier alpha value is -1.40. The second-order valence-corrected chi connectivity index (χ2v) is 4.90. The molecule has 1 aromatic carbocycles. The number of para-hydroxylation sites is 2. The van der Waals surface area contributed by atoms with Crippen molar-refractivity contribution >= 4 is 17.7 Å². The molecule has 0 spiro atoms. The zero-order valence-corrected chi connectivity index (χ0v) is 11.7. The molecule has 19 heavy (non-hydrogen) atoms. The van der Waals surface area contributed by atoms with Crippen molar-refractivity contribution in [2.75, 3.05) is 24.7 Å². The summed E-state index contributed by atoms with van der Waals surface area (Å²) >= 11 is 1.46. The highest BCUT2D eigenvalue weighted by atomic mass is 32.2. The van der Waals surface area contributed by atoms with Crippen LogP contribution in [0, 0.1) is 0 Å². The Labute approximate surface area is 117 Å². The smallest absolute Gasteiger partial charge is 0.321 e. The number of carbonyl (C=O) groups is 1. The van der Waals surface area contributed by atoms with Gasteiger partial charge in [-0.2, -0.15) is 11.8 Å². The van der Waals surface area contributed by atoms with E-state index in [9.17, 15) is 4.79 Å². The van der Waals surface area contributed by atoms with Crippen molar-refractivity contribution in [3.05, 3.63) is 24.3 Å². The fraction of sp³-hybridized carbons (Fsp3) is 0.462. The maximum Gasteiger partial charge on any atom is 0.321 e. The van der Waals surface area contributed by atoms with Crippen molar-refractivity contribution in [2.45, 2.75) is 13.0 Å². The van der Waals surface area contributed by atoms with Crippen LogP contribution >= 0.6 is 11.8 Å². The van der Waals surface area contributed by atoms with E-state index < -0.39 is 12.0 Å². The number of carboxylic acid groups (broad SMARTS) is 1. The van der Waals surface area contributed by atoms with Gasteiger partial charge in [-0.1, -0.05) is 12.1 Å². The number of benzene rings is 1. The third-order valence-electron chi connectivity index (χ3n) is 2.25. The largest absolute Gasteiger partial charge is 0.490 e. The van der Waals surface area contributed by atoms with Gasteiger partial charge < -0.3 is 20.3 Å². The number of ether oxygens (including phenoxy) is 2. The van der Waals surface area contributed by atoms with Crippen LogP contribution in [0.15, 0.2) is 24.3 Å². The summed E-state index contributed by atoms with van der Waals surface area (Å²) in [5.41, 5.74) is 5.39. The number of thioether (sulfide) groups is 1. The fourth-order valence-corrected chi connectivity index (χ4v) is 2.10. The van der Waals surface area contributed by atoms with Crippen LogP contribution in [-0.4, -0.2) is 41.8 Å². The van der Waals surface area contributed by atoms with Crippen molar-refractivity contribution in [3.8, 4) is 11.5 Å². The maximum atomic E-state index is 10.5. The van der Waals surface area contributed by atoms with E-state index in [1.165, 1.54) is 11.8 Å². The van der Waals surface area contributed by atoms with Gasteiger partial charge in [0.05, 0.1) is 13.2 Å². The van der Waals surface area contributed by atoms with Crippen molar-refractivity contribution in [1.82, 2.24) is 0 Å². The molecule has 3 N–H and O–H groups in total. The lowest BCUT2D eigenvalue weighted by Crippen LogP contribution is -2.32. The third-order valence-corrected chi connectivity index (χ3v) is 3.30. The summed E-state index contributed by atoms with van der Waals surface area (Å²) < 4.78 is 11.0. The molecule has 0 aromatic heterocycles. The summed E-state index contributed by atoms with van der Waals surface area (Å²) in [6, 6.07) is 6.65. The molecule has 1 rings (SSSR count). The second-order valence-electron chi connectivity index (χ2n) is 3.75. The second kappa shape index (κ2) is 8.66. The first-order chi connectivity index (χ1) is 9.15. The normalized spacial score (nSPS) is 11.9. The predicted molar refractivity (Wildman–Crippen MR) is 76.0 cm³/mol. The average Bonchev–Trinajstić information content (AvgIpc) is 2.40. The Morgan fingerprint density at radius 3 is 2.58 bits per heavy atom. The first kappa shape index (κ1) is 15.7. The lowest BCUT2D eigenvalue weighted by Gasteiger charge is -2.11. The van der Waals surface area contributed by atoms with E-state index in [-0.39, 0.29) is 0 Å². The van der Waals surface area contributed by atoms with Crippen LogP contribution < -0.4 is 15.2 Å². The first-order valence-electron chi connectivity index (χ1n) is 6.06. The molecule has 0 aliphatic carbocycles. The number of aliphatic carboxylic acids is 1. The van der Waals surface area contributed by atoms with Gasteiger partial charge in [-0.3, -0.25) is 4.79 Å². The summed E-state index contributed by atoms with van der Waals surface area (Å²) in [6.07, 6.45) is 0. The van der Waals surface area contributed by atoms with Gasteiger partial charge in [0.2, 0.25) is 0 Å². The summed E-state index contributed by atoms with van der Waals surface area (Å²) in [7, 11) is 0. The van der Waals surface area contributed by atoms with Crippen molar-refractivity contribution in [3.63, 3.8) is 0 Å². The SMILES string of the molecule is CCOc1ccccc1OCCSC[C@H](N)C(=O)O. The van der Waals surface area contributed by atoms with Crippen LogP contribution in [0.3, 0.4) is 0 Å². The summed E-state index contributed by atoms with van der Waals surface area (Å²) in [5, 5.41) is 8.63. The standard InChI is InChI=1S/C13H19NO4S/c1-2-17-11-5-3-4-6-12(11)18-7-8-19-9-10(14)13(15)16/h3-6,10H,2,7-9,14H2,1H3,(H,15,16)/t10-/m0/s1. The molecule has 0 fully saturated rings. The highest BCUT2D eigenvalue weighted by Gasteiger charge is 2.10. The van der Waals surface area contributed by atoms with Gasteiger partial charge in [0.15, 0.2) is 11.5 Å². The van der Waals surface area contributed by atoms with E-state index in [1.807, 2.05) is 31.2 Å². The molecule has 5 nitrogen and oxygen atoms in total. The van der Waals surface area contributed by atoms with Crippen LogP contribution in [0.5, 0.6) is 11.5 Å². The van der Waals surface area contributed by atoms with Gasteiger partial charge in [0.1, 0.15) is 6.04 Å². The van der Waals surface area contributed by atoms with E-state index in [1.54, 1.807) is 0 Å². The molecular weight excluding hydrogens is 266 g/mol. The summed E-state index contributed by atoms with van der Waals surface area (Å²) in [4.78, 5) is 10.5. The Kier molecular flexibility index (Phi) is 7.14. The highest BCUT2D eigenvalue weighted by Crippen LogP contribution is 2.26. The lowest BCUT2D eigenvalue weighted by molar-refractivity contribution is -0.137. The Morgan fingerprint density at radius 2 is 2.00 bits per heavy atom. The molecule has 1 atom stereocenters. The first-order valence-corrected chi connectivity index (χ1v) is 7.21. The highest BCUT2D eigenvalue weighted by molar-refractivity contribution is 7.99. The minimum atomic E-state index is -0.977. The third kappa shape index (κ3) is 5.85. The zero-order chi connectivity index (χ0) is 14.1. The maximum absolute atomic E-state index is 10.5. The minimum Gasteiger partial charge on any atom is -0.490 e. The molecule has 0 aliphatic rings. The van der Waals surface area contributed by atoms with Crippen LogP contribution in [0.2, 0.25) is 0 Å². The predicted octanol–water partition coefficient (Wildman–Crippen LogP) is 1.61. The fourth-order valence-electron chi connectivity index (χ4n) is 1.34. The van der Waals surface area contributed by atoms with E-state index in [4.69, 9.17) is 20.3 Å². The van der Waals surface area contributed by atoms with Gasteiger partial charge in [-0.05, 0) is 19.1 Å². The van der Waals surface area contributed by atoms with E-state index in [0.29, 0.717) is 30.5 Å². The van der Waals surface area contributed by atoms with Gasteiger partial charge in [-0.25, -0.2) is 0 Å². The number of carboxylic acids is 1. The zero-order valence-electron chi connectivity index (χ0n) is 10.9. The summed E-state index contributed by atoms with van der Waals surface area (Å²) in [6.45, 7) is 2.99. The summed E-state index contributed by atoms with van der Waals surface area (Å²) in [5.74, 6) is 1.51. The lowest BCUT2D eigenvalue weighted by atomic mass is 10.3. The molecule has 1 aromatic rings.